The first-order chi connectivity index (χ1) is 14.2. The highest BCUT2D eigenvalue weighted by molar-refractivity contribution is 7.99. The number of carbonyl (C=O) groups is 1. The first-order valence-corrected chi connectivity index (χ1v) is 10.8. The number of nitrogens with one attached hydrogen (secondary N) is 1. The minimum absolute atomic E-state index is 0.0963. The number of methoxy groups -OCH3 is 1. The van der Waals surface area contributed by atoms with Crippen LogP contribution in [0.3, 0.4) is 0 Å². The predicted octanol–water partition coefficient (Wildman–Crippen LogP) is 4.78. The van der Waals surface area contributed by atoms with E-state index in [-0.39, 0.29) is 11.7 Å². The molecule has 1 aliphatic carbocycles. The fraction of sp³-hybridized carbons (Fsp3) is 0.381. The molecule has 1 amide bonds. The number of thioether (sulfide) groups is 1. The van der Waals surface area contributed by atoms with E-state index >= 15 is 0 Å². The van der Waals surface area contributed by atoms with Crippen molar-refractivity contribution >= 4 is 23.4 Å². The van der Waals surface area contributed by atoms with Gasteiger partial charge in [0.25, 0.3) is 0 Å². The Morgan fingerprint density at radius 3 is 2.86 bits per heavy atom. The van der Waals surface area contributed by atoms with Gasteiger partial charge in [0.1, 0.15) is 5.75 Å². The molecule has 1 fully saturated rings. The number of nitrogens with zero attached hydrogens (tertiary/aromatic N) is 3. The van der Waals surface area contributed by atoms with Gasteiger partial charge in [-0.15, -0.1) is 10.2 Å². The van der Waals surface area contributed by atoms with Crippen molar-refractivity contribution in [3.8, 4) is 17.3 Å². The number of aromatic nitrogens is 3. The second-order valence-electron chi connectivity index (χ2n) is 7.01. The standard InChI is InChI=1S/C21H24N4O3S/c1-27-17-10-5-7-15(13-17)22-19(26)14-29-21-24-23-20(18-11-6-12-28-18)25(21)16-8-3-2-4-9-16/h5-7,10-13,16H,2-4,8-9,14H2,1H3,(H,22,26). The van der Waals surface area contributed by atoms with Crippen molar-refractivity contribution in [2.24, 2.45) is 0 Å². The lowest BCUT2D eigenvalue weighted by molar-refractivity contribution is -0.113. The van der Waals surface area contributed by atoms with Crippen LogP contribution >= 0.6 is 11.8 Å². The molecule has 1 N–H and O–H groups in total. The summed E-state index contributed by atoms with van der Waals surface area (Å²) in [6.45, 7) is 0. The summed E-state index contributed by atoms with van der Waals surface area (Å²) in [6.07, 6.45) is 7.48. The molecule has 7 nitrogen and oxygen atoms in total. The van der Waals surface area contributed by atoms with Gasteiger partial charge in [-0.05, 0) is 37.1 Å². The lowest BCUT2D eigenvalue weighted by Gasteiger charge is -2.25. The summed E-state index contributed by atoms with van der Waals surface area (Å²) in [5.41, 5.74) is 0.708. The molecule has 1 saturated carbocycles. The fourth-order valence-corrected chi connectivity index (χ4v) is 4.45. The largest absolute Gasteiger partial charge is 0.497 e. The maximum Gasteiger partial charge on any atom is 0.234 e. The zero-order valence-electron chi connectivity index (χ0n) is 16.3. The highest BCUT2D eigenvalue weighted by Gasteiger charge is 2.25. The molecule has 8 heteroatoms. The Bertz CT molecular complexity index is 949. The van der Waals surface area contributed by atoms with Crippen molar-refractivity contribution in [2.75, 3.05) is 18.2 Å². The van der Waals surface area contributed by atoms with Gasteiger partial charge in [-0.1, -0.05) is 37.1 Å². The molecule has 3 aromatic rings. The second-order valence-corrected chi connectivity index (χ2v) is 7.96. The van der Waals surface area contributed by atoms with Crippen molar-refractivity contribution in [3.05, 3.63) is 42.7 Å². The molecule has 0 spiro atoms. The third-order valence-electron chi connectivity index (χ3n) is 5.03. The molecular formula is C21H24N4O3S. The van der Waals surface area contributed by atoms with Crippen LogP contribution in [0.25, 0.3) is 11.6 Å². The summed E-state index contributed by atoms with van der Waals surface area (Å²) >= 11 is 1.40. The highest BCUT2D eigenvalue weighted by Crippen LogP contribution is 2.35. The Labute approximate surface area is 173 Å². The van der Waals surface area contributed by atoms with E-state index in [1.54, 1.807) is 19.4 Å². The number of hydrogen-bond acceptors (Lipinski definition) is 6. The smallest absolute Gasteiger partial charge is 0.234 e. The van der Waals surface area contributed by atoms with E-state index in [9.17, 15) is 4.79 Å². The van der Waals surface area contributed by atoms with Gasteiger partial charge in [-0.3, -0.25) is 9.36 Å². The quantitative estimate of drug-likeness (QED) is 0.562. The van der Waals surface area contributed by atoms with Gasteiger partial charge in [-0.2, -0.15) is 0 Å². The first kappa shape index (κ1) is 19.6. The normalized spacial score (nSPS) is 14.7. The number of hydrogen-bond donors (Lipinski definition) is 1. The van der Waals surface area contributed by atoms with E-state index in [0.717, 1.165) is 23.8 Å². The zero-order chi connectivity index (χ0) is 20.1. The summed E-state index contributed by atoms with van der Waals surface area (Å²) in [7, 11) is 1.60. The number of carbonyl (C=O) groups excluding carboxylic acids is 1. The van der Waals surface area contributed by atoms with E-state index in [2.05, 4.69) is 20.1 Å². The molecule has 0 aliphatic heterocycles. The average Bonchev–Trinajstić information content (AvgIpc) is 3.42. The van der Waals surface area contributed by atoms with Gasteiger partial charge in [0.15, 0.2) is 10.9 Å². The van der Waals surface area contributed by atoms with Crippen molar-refractivity contribution in [1.82, 2.24) is 14.8 Å². The van der Waals surface area contributed by atoms with E-state index in [1.807, 2.05) is 30.3 Å². The van der Waals surface area contributed by atoms with Crippen LogP contribution in [-0.2, 0) is 4.79 Å². The molecule has 2 heterocycles. The lowest BCUT2D eigenvalue weighted by atomic mass is 9.95. The molecule has 2 aromatic heterocycles. The number of amides is 1. The zero-order valence-corrected chi connectivity index (χ0v) is 17.2. The number of furan rings is 1. The SMILES string of the molecule is COc1cccc(NC(=O)CSc2nnc(-c3ccco3)n2C2CCCCC2)c1. The summed E-state index contributed by atoms with van der Waals surface area (Å²) in [4.78, 5) is 12.5. The summed E-state index contributed by atoms with van der Waals surface area (Å²) in [6, 6.07) is 11.4. The maximum atomic E-state index is 12.5. The van der Waals surface area contributed by atoms with Crippen LogP contribution < -0.4 is 10.1 Å². The molecule has 29 heavy (non-hydrogen) atoms. The van der Waals surface area contributed by atoms with Crippen molar-refractivity contribution in [3.63, 3.8) is 0 Å². The molecule has 152 valence electrons. The molecule has 0 atom stereocenters. The van der Waals surface area contributed by atoms with Crippen LogP contribution in [0.15, 0.2) is 52.2 Å². The third kappa shape index (κ3) is 4.64. The fourth-order valence-electron chi connectivity index (χ4n) is 3.65. The molecule has 1 aromatic carbocycles. The first-order valence-electron chi connectivity index (χ1n) is 9.80. The number of anilines is 1. The molecule has 0 radical (unpaired) electrons. The van der Waals surface area contributed by atoms with Gasteiger partial charge < -0.3 is 14.5 Å². The molecule has 0 bridgehead atoms. The van der Waals surface area contributed by atoms with Gasteiger partial charge >= 0.3 is 0 Å². The average molecular weight is 413 g/mol. The predicted molar refractivity (Wildman–Crippen MR) is 112 cm³/mol. The Kier molecular flexibility index (Phi) is 6.19. The summed E-state index contributed by atoms with van der Waals surface area (Å²) < 4.78 is 12.9. The van der Waals surface area contributed by atoms with Gasteiger partial charge in [0.2, 0.25) is 11.7 Å². The monoisotopic (exact) mass is 412 g/mol. The minimum Gasteiger partial charge on any atom is -0.497 e. The van der Waals surface area contributed by atoms with Crippen LogP contribution in [0.1, 0.15) is 38.1 Å². The summed E-state index contributed by atoms with van der Waals surface area (Å²) in [5.74, 6) is 2.30. The van der Waals surface area contributed by atoms with E-state index in [4.69, 9.17) is 9.15 Å². The van der Waals surface area contributed by atoms with Crippen LogP contribution in [-0.4, -0.2) is 33.5 Å². The Morgan fingerprint density at radius 1 is 1.24 bits per heavy atom. The van der Waals surface area contributed by atoms with Crippen molar-refractivity contribution < 1.29 is 13.9 Å². The highest BCUT2D eigenvalue weighted by atomic mass is 32.2. The Morgan fingerprint density at radius 2 is 2.10 bits per heavy atom. The van der Waals surface area contributed by atoms with Crippen molar-refractivity contribution in [1.29, 1.82) is 0 Å². The molecule has 0 unspecified atom stereocenters. The maximum absolute atomic E-state index is 12.5. The number of rotatable bonds is 7. The lowest BCUT2D eigenvalue weighted by Crippen LogP contribution is -2.17. The minimum atomic E-state index is -0.0963. The second kappa shape index (κ2) is 9.17. The van der Waals surface area contributed by atoms with Crippen LogP contribution in [0.2, 0.25) is 0 Å². The molecule has 4 rings (SSSR count). The topological polar surface area (TPSA) is 82.2 Å². The van der Waals surface area contributed by atoms with Gasteiger partial charge in [0.05, 0.1) is 19.1 Å². The van der Waals surface area contributed by atoms with Crippen LogP contribution in [0, 0.1) is 0 Å². The molecule has 0 saturated heterocycles. The Hall–Kier alpha value is -2.74. The number of benzene rings is 1. The van der Waals surface area contributed by atoms with E-state index in [0.29, 0.717) is 23.2 Å². The number of ether oxygens (including phenoxy) is 1. The molecule has 1 aliphatic rings. The summed E-state index contributed by atoms with van der Waals surface area (Å²) in [5, 5.41) is 12.4. The van der Waals surface area contributed by atoms with Gasteiger partial charge in [-0.25, -0.2) is 0 Å². The van der Waals surface area contributed by atoms with Crippen LogP contribution in [0.4, 0.5) is 5.69 Å². The Balaban J connectivity index is 1.48. The van der Waals surface area contributed by atoms with Crippen LogP contribution in [0.5, 0.6) is 5.75 Å². The van der Waals surface area contributed by atoms with E-state index < -0.39 is 0 Å². The van der Waals surface area contributed by atoms with Crippen molar-refractivity contribution in [2.45, 2.75) is 43.3 Å². The van der Waals surface area contributed by atoms with Gasteiger partial charge in [0, 0.05) is 17.8 Å². The third-order valence-corrected chi connectivity index (χ3v) is 5.97. The van der Waals surface area contributed by atoms with E-state index in [1.165, 1.54) is 31.0 Å². The molecular weight excluding hydrogens is 388 g/mol.